The zero-order chi connectivity index (χ0) is 10.8. The fourth-order valence-electron chi connectivity index (χ4n) is 0.776. The van der Waals surface area contributed by atoms with Crippen molar-refractivity contribution in [1.82, 2.24) is 9.78 Å². The van der Waals surface area contributed by atoms with Gasteiger partial charge in [-0.2, -0.15) is 9.78 Å². The highest BCUT2D eigenvalue weighted by Gasteiger charge is 1.94. The minimum Gasteiger partial charge on any atom is -0.463 e. The highest BCUT2D eigenvalue weighted by atomic mass is 16.4. The third-order valence-electron chi connectivity index (χ3n) is 1.51. The Morgan fingerprint density at radius 1 is 1.57 bits per heavy atom. The summed E-state index contributed by atoms with van der Waals surface area (Å²) in [5, 5.41) is 11.6. The largest absolute Gasteiger partial charge is 0.463 e. The fraction of sp³-hybridized carbons (Fsp3) is 0.556. The maximum absolute atomic E-state index is 9.96. The smallest absolute Gasteiger partial charge is 0.432 e. The van der Waals surface area contributed by atoms with E-state index in [4.69, 9.17) is 10.8 Å². The molecule has 5 heteroatoms. The van der Waals surface area contributed by atoms with Gasteiger partial charge in [-0.25, -0.2) is 4.79 Å². The van der Waals surface area contributed by atoms with E-state index in [-0.39, 0.29) is 0 Å². The molecule has 0 spiro atoms. The Kier molecular flexibility index (Phi) is 7.45. The molecule has 3 N–H and O–H groups in total. The highest BCUT2D eigenvalue weighted by molar-refractivity contribution is 5.66. The van der Waals surface area contributed by atoms with Crippen LogP contribution in [-0.4, -0.2) is 27.5 Å². The van der Waals surface area contributed by atoms with Crippen LogP contribution in [0.1, 0.15) is 26.2 Å². The zero-order valence-corrected chi connectivity index (χ0v) is 8.39. The number of aromatic nitrogens is 2. The van der Waals surface area contributed by atoms with Gasteiger partial charge in [0, 0.05) is 12.4 Å². The van der Waals surface area contributed by atoms with Gasteiger partial charge in [0.25, 0.3) is 0 Å². The molecule has 0 radical (unpaired) electrons. The van der Waals surface area contributed by atoms with Crippen molar-refractivity contribution in [3.8, 4) is 0 Å². The SMILES string of the molecule is CCCCCN.O=C(O)n1cccn1. The molecule has 0 saturated carbocycles. The van der Waals surface area contributed by atoms with E-state index in [1.165, 1.54) is 31.7 Å². The summed E-state index contributed by atoms with van der Waals surface area (Å²) in [5.41, 5.74) is 5.21. The van der Waals surface area contributed by atoms with Crippen LogP contribution in [0.25, 0.3) is 0 Å². The van der Waals surface area contributed by atoms with Crippen molar-refractivity contribution < 1.29 is 9.90 Å². The van der Waals surface area contributed by atoms with Gasteiger partial charge in [-0.05, 0) is 19.0 Å². The van der Waals surface area contributed by atoms with Crippen molar-refractivity contribution in [3.05, 3.63) is 18.5 Å². The quantitative estimate of drug-likeness (QED) is 0.723. The summed E-state index contributed by atoms with van der Waals surface area (Å²) < 4.78 is 0.833. The predicted molar refractivity (Wildman–Crippen MR) is 54.2 cm³/mol. The molecule has 14 heavy (non-hydrogen) atoms. The van der Waals surface area contributed by atoms with Crippen LogP contribution >= 0.6 is 0 Å². The average molecular weight is 199 g/mol. The van der Waals surface area contributed by atoms with Crippen molar-refractivity contribution in [3.63, 3.8) is 0 Å². The van der Waals surface area contributed by atoms with E-state index in [1.807, 2.05) is 0 Å². The molecule has 0 aliphatic rings. The van der Waals surface area contributed by atoms with E-state index in [1.54, 1.807) is 6.07 Å². The first-order valence-corrected chi connectivity index (χ1v) is 4.65. The van der Waals surface area contributed by atoms with Gasteiger partial charge in [0.15, 0.2) is 0 Å². The van der Waals surface area contributed by atoms with Crippen molar-refractivity contribution in [1.29, 1.82) is 0 Å². The molecule has 0 aliphatic carbocycles. The van der Waals surface area contributed by atoms with Gasteiger partial charge in [0.05, 0.1) is 0 Å². The maximum Gasteiger partial charge on any atom is 0.432 e. The van der Waals surface area contributed by atoms with Crippen LogP contribution in [0, 0.1) is 0 Å². The van der Waals surface area contributed by atoms with Crippen LogP contribution in [0.4, 0.5) is 4.79 Å². The summed E-state index contributed by atoms with van der Waals surface area (Å²) >= 11 is 0. The molecule has 0 atom stereocenters. The highest BCUT2D eigenvalue weighted by Crippen LogP contribution is 1.88. The molecule has 1 rings (SSSR count). The minimum absolute atomic E-state index is 0.833. The van der Waals surface area contributed by atoms with Gasteiger partial charge in [0.1, 0.15) is 0 Å². The summed E-state index contributed by atoms with van der Waals surface area (Å²) in [6, 6.07) is 1.55. The standard InChI is InChI=1S/C5H13N.C4H4N2O2/c1-2-3-4-5-6;7-4(8)6-3-1-2-5-6/h2-6H2,1H3;1-3H,(H,7,8). The third kappa shape index (κ3) is 6.19. The van der Waals surface area contributed by atoms with Gasteiger partial charge < -0.3 is 10.8 Å². The molecule has 5 nitrogen and oxygen atoms in total. The molecule has 1 heterocycles. The van der Waals surface area contributed by atoms with E-state index in [0.717, 1.165) is 11.2 Å². The molecule has 0 aliphatic heterocycles. The van der Waals surface area contributed by atoms with Crippen molar-refractivity contribution in [2.24, 2.45) is 5.73 Å². The summed E-state index contributed by atoms with van der Waals surface area (Å²) in [6.45, 7) is 3.03. The second-order valence-electron chi connectivity index (χ2n) is 2.73. The first-order chi connectivity index (χ1) is 6.72. The van der Waals surface area contributed by atoms with Gasteiger partial charge in [0.2, 0.25) is 0 Å². The summed E-state index contributed by atoms with van der Waals surface area (Å²) in [5.74, 6) is 0. The van der Waals surface area contributed by atoms with Gasteiger partial charge in [-0.1, -0.05) is 19.8 Å². The Morgan fingerprint density at radius 2 is 2.29 bits per heavy atom. The monoisotopic (exact) mass is 199 g/mol. The normalized spacial score (nSPS) is 9.00. The van der Waals surface area contributed by atoms with E-state index >= 15 is 0 Å². The van der Waals surface area contributed by atoms with Gasteiger partial charge in [-0.15, -0.1) is 0 Å². The average Bonchev–Trinajstić information content (AvgIpc) is 2.68. The molecular weight excluding hydrogens is 182 g/mol. The molecular formula is C9H17N3O2. The number of nitrogens with two attached hydrogens (primary N) is 1. The molecule has 0 amide bonds. The molecule has 1 aromatic heterocycles. The molecule has 0 saturated heterocycles. The van der Waals surface area contributed by atoms with Crippen molar-refractivity contribution in [2.45, 2.75) is 26.2 Å². The van der Waals surface area contributed by atoms with Gasteiger partial charge >= 0.3 is 6.09 Å². The van der Waals surface area contributed by atoms with E-state index < -0.39 is 6.09 Å². The molecule has 0 aromatic carbocycles. The first kappa shape index (κ1) is 12.6. The van der Waals surface area contributed by atoms with Crippen LogP contribution in [0.3, 0.4) is 0 Å². The molecule has 0 bridgehead atoms. The number of carboxylic acid groups (broad SMARTS) is 1. The number of nitrogens with zero attached hydrogens (tertiary/aromatic N) is 2. The Hall–Kier alpha value is -1.36. The topological polar surface area (TPSA) is 81.1 Å². The molecule has 0 unspecified atom stereocenters. The van der Waals surface area contributed by atoms with Crippen LogP contribution in [-0.2, 0) is 0 Å². The zero-order valence-electron chi connectivity index (χ0n) is 8.39. The maximum atomic E-state index is 9.96. The second-order valence-corrected chi connectivity index (χ2v) is 2.73. The van der Waals surface area contributed by atoms with Crippen LogP contribution in [0.2, 0.25) is 0 Å². The van der Waals surface area contributed by atoms with E-state index in [2.05, 4.69) is 12.0 Å². The first-order valence-electron chi connectivity index (χ1n) is 4.65. The predicted octanol–water partition coefficient (Wildman–Crippen LogP) is 1.54. The Balaban J connectivity index is 0.000000255. The van der Waals surface area contributed by atoms with E-state index in [0.29, 0.717) is 0 Å². The van der Waals surface area contributed by atoms with Crippen molar-refractivity contribution in [2.75, 3.05) is 6.54 Å². The fourth-order valence-corrected chi connectivity index (χ4v) is 0.776. The number of carbonyl (C=O) groups is 1. The summed E-state index contributed by atoms with van der Waals surface area (Å²) in [4.78, 5) is 9.96. The lowest BCUT2D eigenvalue weighted by atomic mass is 10.3. The number of rotatable bonds is 3. The Labute approximate surface area is 83.5 Å². The van der Waals surface area contributed by atoms with Crippen LogP contribution in [0.15, 0.2) is 18.5 Å². The second kappa shape index (κ2) is 8.25. The lowest BCUT2D eigenvalue weighted by molar-refractivity contribution is 0.192. The molecule has 0 fully saturated rings. The third-order valence-corrected chi connectivity index (χ3v) is 1.51. The van der Waals surface area contributed by atoms with E-state index in [9.17, 15) is 4.79 Å². The number of hydrogen-bond acceptors (Lipinski definition) is 3. The Morgan fingerprint density at radius 3 is 2.50 bits per heavy atom. The summed E-state index contributed by atoms with van der Waals surface area (Å²) in [7, 11) is 0. The lowest BCUT2D eigenvalue weighted by Crippen LogP contribution is -2.07. The van der Waals surface area contributed by atoms with Crippen LogP contribution in [0.5, 0.6) is 0 Å². The molecule has 1 aromatic rings. The van der Waals surface area contributed by atoms with Gasteiger partial charge in [-0.3, -0.25) is 0 Å². The van der Waals surface area contributed by atoms with Crippen molar-refractivity contribution >= 4 is 6.09 Å². The number of hydrogen-bond donors (Lipinski definition) is 2. The van der Waals surface area contributed by atoms with Crippen LogP contribution < -0.4 is 5.73 Å². The number of unbranched alkanes of at least 4 members (excludes halogenated alkanes) is 2. The minimum atomic E-state index is -1.06. The Bertz CT molecular complexity index is 230. The lowest BCUT2D eigenvalue weighted by Gasteiger charge is -1.86. The summed E-state index contributed by atoms with van der Waals surface area (Å²) in [6.07, 6.45) is 5.47. The molecule has 80 valence electrons.